The maximum atomic E-state index is 10.8. The van der Waals surface area contributed by atoms with E-state index < -0.39 is 88.7 Å². The fraction of sp³-hybridized carbons (Fsp3) is 0.786. The van der Waals surface area contributed by atoms with E-state index in [1.165, 1.54) is 0 Å². The molecule has 0 spiro atoms. The highest BCUT2D eigenvalue weighted by Crippen LogP contribution is 2.11. The Balaban J connectivity index is 0. The first-order chi connectivity index (χ1) is 15.8. The second-order valence-corrected chi connectivity index (χ2v) is 8.62. The van der Waals surface area contributed by atoms with Gasteiger partial charge in [-0.15, -0.1) is 0 Å². The molecule has 0 rings (SSSR count). The second kappa shape index (κ2) is 16.1. The lowest BCUT2D eigenvalue weighted by molar-refractivity contribution is -0.135. The first kappa shape index (κ1) is 35.4. The first-order valence-electron chi connectivity index (χ1n) is 8.95. The zero-order valence-corrected chi connectivity index (χ0v) is 19.3. The maximum Gasteiger partial charge on any atom is 0.397 e. The van der Waals surface area contributed by atoms with Gasteiger partial charge in [0.05, 0.1) is 13.2 Å². The largest absolute Gasteiger partial charge is 0.397 e. The number of aldehydes is 2. The number of nitrogens with one attached hydrogen (secondary N) is 1. The summed E-state index contributed by atoms with van der Waals surface area (Å²) in [6.45, 7) is -0.989. The highest BCUT2D eigenvalue weighted by molar-refractivity contribution is 7.81. The molecule has 0 aromatic carbocycles. The molecular weight excluding hydrogens is 534 g/mol. The summed E-state index contributed by atoms with van der Waals surface area (Å²) in [7, 11) is -9.85. The SMILES string of the molecule is CC(=O)N[C@H](C=O)[C@@H](OS(=O)(=O)O)[C@H](O)[C@H](O)CO.O=C[C@H](O)[C@@H](O)[C@H](O)[C@H](O)COS(=O)(=O)O. The van der Waals surface area contributed by atoms with Gasteiger partial charge in [-0.05, 0) is 0 Å². The minimum atomic E-state index is -5.06. The highest BCUT2D eigenvalue weighted by atomic mass is 32.3. The molecule has 0 radical (unpaired) electrons. The topological polar surface area (TPSA) is 332 Å². The molecule has 0 saturated heterocycles. The fourth-order valence-electron chi connectivity index (χ4n) is 1.99. The number of aliphatic hydroxyl groups excluding tert-OH is 7. The van der Waals surface area contributed by atoms with Crippen LogP contribution in [0.25, 0.3) is 0 Å². The molecule has 19 nitrogen and oxygen atoms in total. The zero-order valence-electron chi connectivity index (χ0n) is 17.7. The number of aliphatic hydroxyl groups is 7. The molecule has 35 heavy (non-hydrogen) atoms. The number of carbonyl (C=O) groups is 3. The van der Waals surface area contributed by atoms with Crippen molar-refractivity contribution >= 4 is 39.3 Å². The van der Waals surface area contributed by atoms with Gasteiger partial charge >= 0.3 is 20.8 Å². The summed E-state index contributed by atoms with van der Waals surface area (Å²) >= 11 is 0. The van der Waals surface area contributed by atoms with Gasteiger partial charge in [-0.3, -0.25) is 13.9 Å². The monoisotopic (exact) mass is 561 g/mol. The molecule has 0 aromatic heterocycles. The minimum absolute atomic E-state index is 0.0462. The number of hydrogen-bond acceptors (Lipinski definition) is 16. The molecule has 0 aliphatic carbocycles. The van der Waals surface area contributed by atoms with E-state index in [4.69, 9.17) is 34.6 Å². The Morgan fingerprint density at radius 1 is 0.857 bits per heavy atom. The molecule has 1 amide bonds. The van der Waals surface area contributed by atoms with Crippen molar-refractivity contribution in [1.29, 1.82) is 0 Å². The van der Waals surface area contributed by atoms with Crippen molar-refractivity contribution in [3.05, 3.63) is 0 Å². The predicted octanol–water partition coefficient (Wildman–Crippen LogP) is -6.96. The quantitative estimate of drug-likeness (QED) is 0.0655. The van der Waals surface area contributed by atoms with E-state index in [1.54, 1.807) is 0 Å². The Kier molecular flexibility index (Phi) is 16.3. The van der Waals surface area contributed by atoms with Crippen LogP contribution in [-0.4, -0.2) is 142 Å². The minimum Gasteiger partial charge on any atom is -0.394 e. The molecule has 0 aromatic rings. The standard InChI is InChI=1S/C8H15NO9S.C6H12O9S/c1-4(12)9-5(2-10)8(18-19(15,16)17)7(14)6(13)3-11;7-1-3(8)5(10)6(11)4(9)2-15-16(12,13)14/h2,5-8,11,13-14H,3H2,1H3,(H,9,12)(H,15,16,17);1,3-6,8-11H,2H2,(H,12,13,14)/t5-,6-,7-,8-;3-,4+,5+,6+/m10/s1. The number of carbonyl (C=O) groups excluding carboxylic acids is 3. The van der Waals surface area contributed by atoms with Crippen molar-refractivity contribution in [3.8, 4) is 0 Å². The molecule has 0 unspecified atom stereocenters. The molecule has 0 aliphatic heterocycles. The van der Waals surface area contributed by atoms with Gasteiger partial charge in [0.25, 0.3) is 0 Å². The van der Waals surface area contributed by atoms with Crippen LogP contribution in [0.15, 0.2) is 0 Å². The van der Waals surface area contributed by atoms with Crippen LogP contribution in [0.3, 0.4) is 0 Å². The van der Waals surface area contributed by atoms with Crippen LogP contribution in [0.5, 0.6) is 0 Å². The number of hydrogen-bond donors (Lipinski definition) is 10. The summed E-state index contributed by atoms with van der Waals surface area (Å²) in [6.07, 6.45) is -13.8. The van der Waals surface area contributed by atoms with Gasteiger partial charge in [0.1, 0.15) is 55.1 Å². The van der Waals surface area contributed by atoms with E-state index in [0.717, 1.165) is 6.92 Å². The third kappa shape index (κ3) is 15.8. The summed E-state index contributed by atoms with van der Waals surface area (Å²) < 4.78 is 65.8. The van der Waals surface area contributed by atoms with E-state index in [2.05, 4.69) is 8.37 Å². The molecule has 10 N–H and O–H groups in total. The molecule has 0 heterocycles. The average Bonchev–Trinajstić information content (AvgIpc) is 2.75. The molecule has 0 saturated carbocycles. The van der Waals surface area contributed by atoms with Crippen molar-refractivity contribution in [2.24, 2.45) is 0 Å². The Morgan fingerprint density at radius 3 is 1.71 bits per heavy atom. The summed E-state index contributed by atoms with van der Waals surface area (Å²) in [4.78, 5) is 31.6. The third-order valence-electron chi connectivity index (χ3n) is 3.64. The van der Waals surface area contributed by atoms with Gasteiger partial charge in [-0.25, -0.2) is 8.37 Å². The van der Waals surface area contributed by atoms with Crippen LogP contribution in [0, 0.1) is 0 Å². The molecule has 0 bridgehead atoms. The Morgan fingerprint density at radius 2 is 1.37 bits per heavy atom. The Bertz CT molecular complexity index is 862. The van der Waals surface area contributed by atoms with Gasteiger partial charge in [-0.2, -0.15) is 16.8 Å². The lowest BCUT2D eigenvalue weighted by Crippen LogP contribution is -2.54. The van der Waals surface area contributed by atoms with Gasteiger partial charge in [0.2, 0.25) is 5.91 Å². The summed E-state index contributed by atoms with van der Waals surface area (Å²) in [6, 6.07) is -1.66. The fourth-order valence-corrected chi connectivity index (χ4v) is 2.82. The maximum absolute atomic E-state index is 10.8. The molecule has 0 aliphatic rings. The van der Waals surface area contributed by atoms with E-state index >= 15 is 0 Å². The lowest BCUT2D eigenvalue weighted by atomic mass is 10.0. The normalized spacial score (nSPS) is 18.9. The van der Waals surface area contributed by atoms with Crippen LogP contribution in [0.4, 0.5) is 0 Å². The van der Waals surface area contributed by atoms with Crippen molar-refractivity contribution < 1.29 is 84.4 Å². The highest BCUT2D eigenvalue weighted by Gasteiger charge is 2.37. The van der Waals surface area contributed by atoms with Gasteiger partial charge < -0.3 is 50.7 Å². The zero-order chi connectivity index (χ0) is 28.1. The van der Waals surface area contributed by atoms with Crippen molar-refractivity contribution in [2.75, 3.05) is 13.2 Å². The van der Waals surface area contributed by atoms with Gasteiger partial charge in [0.15, 0.2) is 6.29 Å². The van der Waals surface area contributed by atoms with E-state index in [9.17, 15) is 41.4 Å². The van der Waals surface area contributed by atoms with Gasteiger partial charge in [-0.1, -0.05) is 0 Å². The summed E-state index contributed by atoms with van der Waals surface area (Å²) in [5.41, 5.74) is 0. The van der Waals surface area contributed by atoms with Crippen LogP contribution in [-0.2, 0) is 43.5 Å². The van der Waals surface area contributed by atoms with Crippen LogP contribution >= 0.6 is 0 Å². The van der Waals surface area contributed by atoms with Crippen molar-refractivity contribution in [3.63, 3.8) is 0 Å². The van der Waals surface area contributed by atoms with Gasteiger partial charge in [0, 0.05) is 6.92 Å². The summed E-state index contributed by atoms with van der Waals surface area (Å²) in [5, 5.41) is 65.3. The van der Waals surface area contributed by atoms with Crippen LogP contribution in [0.2, 0.25) is 0 Å². The molecule has 8 atom stereocenters. The van der Waals surface area contributed by atoms with E-state index in [-0.39, 0.29) is 12.6 Å². The second-order valence-electron chi connectivity index (χ2n) is 6.48. The van der Waals surface area contributed by atoms with Crippen LogP contribution < -0.4 is 5.32 Å². The Labute approximate surface area is 198 Å². The number of rotatable bonds is 15. The molecule has 21 heteroatoms. The molecule has 0 fully saturated rings. The van der Waals surface area contributed by atoms with E-state index in [0.29, 0.717) is 0 Å². The van der Waals surface area contributed by atoms with Crippen molar-refractivity contribution in [1.82, 2.24) is 5.32 Å². The molecule has 208 valence electrons. The predicted molar refractivity (Wildman–Crippen MR) is 107 cm³/mol. The Hall–Kier alpha value is -1.73. The smallest absolute Gasteiger partial charge is 0.394 e. The third-order valence-corrected chi connectivity index (χ3v) is 4.54. The first-order valence-corrected chi connectivity index (χ1v) is 11.7. The lowest BCUT2D eigenvalue weighted by Gasteiger charge is -2.28. The average molecular weight is 561 g/mol. The number of amides is 1. The van der Waals surface area contributed by atoms with Crippen LogP contribution in [0.1, 0.15) is 6.92 Å². The summed E-state index contributed by atoms with van der Waals surface area (Å²) in [5.74, 6) is -0.744. The van der Waals surface area contributed by atoms with E-state index in [1.807, 2.05) is 5.32 Å². The molecular formula is C14H27NO18S2. The van der Waals surface area contributed by atoms with Crippen molar-refractivity contribution in [2.45, 2.75) is 55.7 Å².